The molecule has 5 nitrogen and oxygen atoms in total. The molecule has 2 aromatic rings. The van der Waals surface area contributed by atoms with Gasteiger partial charge in [0.1, 0.15) is 5.75 Å². The van der Waals surface area contributed by atoms with Crippen LogP contribution in [0.15, 0.2) is 28.6 Å². The summed E-state index contributed by atoms with van der Waals surface area (Å²) < 4.78 is 5.87. The summed E-state index contributed by atoms with van der Waals surface area (Å²) in [5.74, 6) is 1.19. The molecule has 0 aliphatic rings. The van der Waals surface area contributed by atoms with Gasteiger partial charge in [0, 0.05) is 5.69 Å². The Hall–Kier alpha value is -1.78. The fourth-order valence-electron chi connectivity index (χ4n) is 1.21. The second-order valence-corrected chi connectivity index (χ2v) is 5.37. The molecule has 0 amide bonds. The van der Waals surface area contributed by atoms with Crippen molar-refractivity contribution in [2.24, 2.45) is 0 Å². The van der Waals surface area contributed by atoms with Gasteiger partial charge in [-0.25, -0.2) is 0 Å². The smallest absolute Gasteiger partial charge is 0.210 e. The number of methoxy groups -OCH3 is 1. The number of hydrogen-bond donors (Lipinski definition) is 1. The van der Waals surface area contributed by atoms with Crippen LogP contribution in [0.5, 0.6) is 5.75 Å². The van der Waals surface area contributed by atoms with Gasteiger partial charge in [-0.05, 0) is 24.3 Å². The van der Waals surface area contributed by atoms with Gasteiger partial charge in [0.15, 0.2) is 4.34 Å². The second-order valence-electron chi connectivity index (χ2n) is 3.17. The van der Waals surface area contributed by atoms with Crippen LogP contribution in [-0.4, -0.2) is 23.1 Å². The molecule has 1 aromatic heterocycles. The highest BCUT2D eigenvalue weighted by Gasteiger charge is 2.04. The Morgan fingerprint density at radius 3 is 2.83 bits per heavy atom. The molecular formula is C11H10N4OS2. The summed E-state index contributed by atoms with van der Waals surface area (Å²) in [5, 5.41) is 20.3. The largest absolute Gasteiger partial charge is 0.497 e. The van der Waals surface area contributed by atoms with E-state index in [1.807, 2.05) is 24.3 Å². The molecule has 0 saturated carbocycles. The quantitative estimate of drug-likeness (QED) is 0.848. The van der Waals surface area contributed by atoms with E-state index in [9.17, 15) is 0 Å². The van der Waals surface area contributed by atoms with Crippen LogP contribution in [0, 0.1) is 11.3 Å². The molecule has 0 aliphatic heterocycles. The van der Waals surface area contributed by atoms with Crippen molar-refractivity contribution >= 4 is 33.9 Å². The molecule has 0 bridgehead atoms. The van der Waals surface area contributed by atoms with Crippen molar-refractivity contribution < 1.29 is 4.74 Å². The monoisotopic (exact) mass is 278 g/mol. The van der Waals surface area contributed by atoms with Crippen molar-refractivity contribution in [2.45, 2.75) is 4.34 Å². The fraction of sp³-hybridized carbons (Fsp3) is 0.182. The minimum Gasteiger partial charge on any atom is -0.497 e. The van der Waals surface area contributed by atoms with Crippen LogP contribution in [0.1, 0.15) is 0 Å². The lowest BCUT2D eigenvalue weighted by atomic mass is 10.3. The molecular weight excluding hydrogens is 268 g/mol. The molecule has 0 radical (unpaired) electrons. The van der Waals surface area contributed by atoms with Crippen LogP contribution >= 0.6 is 23.1 Å². The number of rotatable bonds is 5. The molecule has 7 heteroatoms. The number of thioether (sulfide) groups is 1. The van der Waals surface area contributed by atoms with Gasteiger partial charge in [0.05, 0.1) is 18.9 Å². The molecule has 0 atom stereocenters. The van der Waals surface area contributed by atoms with E-state index in [1.54, 1.807) is 7.11 Å². The maximum absolute atomic E-state index is 8.48. The van der Waals surface area contributed by atoms with E-state index >= 15 is 0 Å². The van der Waals surface area contributed by atoms with Gasteiger partial charge in [-0.1, -0.05) is 23.1 Å². The summed E-state index contributed by atoms with van der Waals surface area (Å²) in [4.78, 5) is 0. The standard InChI is InChI=1S/C11H10N4OS2/c1-16-9-4-2-8(3-5-9)13-10-14-15-11(18-10)17-7-6-12/h2-5H,7H2,1H3,(H,13,14). The number of anilines is 2. The minimum atomic E-state index is 0.386. The van der Waals surface area contributed by atoms with Gasteiger partial charge in [-0.3, -0.25) is 0 Å². The lowest BCUT2D eigenvalue weighted by molar-refractivity contribution is 0.415. The van der Waals surface area contributed by atoms with E-state index in [-0.39, 0.29) is 0 Å². The van der Waals surface area contributed by atoms with Gasteiger partial charge in [-0.15, -0.1) is 10.2 Å². The third kappa shape index (κ3) is 3.35. The van der Waals surface area contributed by atoms with Crippen LogP contribution in [-0.2, 0) is 0 Å². The predicted molar refractivity (Wildman–Crippen MR) is 72.5 cm³/mol. The van der Waals surface area contributed by atoms with Crippen LogP contribution in [0.25, 0.3) is 0 Å². The summed E-state index contributed by atoms with van der Waals surface area (Å²) in [6, 6.07) is 9.61. The predicted octanol–water partition coefficient (Wildman–Crippen LogP) is 2.91. The van der Waals surface area contributed by atoms with Crippen LogP contribution in [0.3, 0.4) is 0 Å². The van der Waals surface area contributed by atoms with Crippen LogP contribution in [0.4, 0.5) is 10.8 Å². The van der Waals surface area contributed by atoms with Gasteiger partial charge in [-0.2, -0.15) is 5.26 Å². The molecule has 0 spiro atoms. The average Bonchev–Trinajstić information content (AvgIpc) is 2.85. The SMILES string of the molecule is COc1ccc(Nc2nnc(SCC#N)s2)cc1. The molecule has 1 heterocycles. The molecule has 0 aliphatic carbocycles. The van der Waals surface area contributed by atoms with Gasteiger partial charge >= 0.3 is 0 Å². The van der Waals surface area contributed by atoms with Crippen molar-refractivity contribution in [3.63, 3.8) is 0 Å². The van der Waals surface area contributed by atoms with Crippen molar-refractivity contribution in [1.29, 1.82) is 5.26 Å². The number of nitriles is 1. The zero-order valence-corrected chi connectivity index (χ0v) is 11.2. The molecule has 92 valence electrons. The molecule has 0 unspecified atom stereocenters. The maximum Gasteiger partial charge on any atom is 0.210 e. The maximum atomic E-state index is 8.48. The van der Waals surface area contributed by atoms with Crippen LogP contribution in [0.2, 0.25) is 0 Å². The molecule has 1 aromatic carbocycles. The summed E-state index contributed by atoms with van der Waals surface area (Å²) in [6.07, 6.45) is 0. The zero-order valence-electron chi connectivity index (χ0n) is 9.58. The summed E-state index contributed by atoms with van der Waals surface area (Å²) >= 11 is 2.81. The number of hydrogen-bond acceptors (Lipinski definition) is 7. The second kappa shape index (κ2) is 6.23. The highest BCUT2D eigenvalue weighted by atomic mass is 32.2. The lowest BCUT2D eigenvalue weighted by Gasteiger charge is -2.03. The number of ether oxygens (including phenoxy) is 1. The summed E-state index contributed by atoms with van der Waals surface area (Å²) in [5.41, 5.74) is 0.920. The number of aromatic nitrogens is 2. The Bertz CT molecular complexity index is 547. The Morgan fingerprint density at radius 1 is 1.39 bits per heavy atom. The third-order valence-corrected chi connectivity index (χ3v) is 3.85. The van der Waals surface area contributed by atoms with Gasteiger partial charge in [0.2, 0.25) is 5.13 Å². The van der Waals surface area contributed by atoms with Crippen molar-refractivity contribution in [2.75, 3.05) is 18.2 Å². The normalized spacial score (nSPS) is 9.78. The molecule has 0 fully saturated rings. The zero-order chi connectivity index (χ0) is 12.8. The van der Waals surface area contributed by atoms with E-state index in [4.69, 9.17) is 10.00 Å². The third-order valence-electron chi connectivity index (χ3n) is 2.01. The van der Waals surface area contributed by atoms with E-state index < -0.39 is 0 Å². The fourth-order valence-corrected chi connectivity index (χ4v) is 2.64. The first-order valence-corrected chi connectivity index (χ1v) is 6.86. The summed E-state index contributed by atoms with van der Waals surface area (Å²) in [6.45, 7) is 0. The molecule has 2 rings (SSSR count). The average molecular weight is 278 g/mol. The minimum absolute atomic E-state index is 0.386. The lowest BCUT2D eigenvalue weighted by Crippen LogP contribution is -1.89. The number of nitrogens with zero attached hydrogens (tertiary/aromatic N) is 3. The molecule has 1 N–H and O–H groups in total. The first kappa shape index (κ1) is 12.7. The molecule has 18 heavy (non-hydrogen) atoms. The van der Waals surface area contributed by atoms with Gasteiger partial charge < -0.3 is 10.1 Å². The number of benzene rings is 1. The van der Waals surface area contributed by atoms with Gasteiger partial charge in [0.25, 0.3) is 0 Å². The first-order chi connectivity index (χ1) is 8.81. The van der Waals surface area contributed by atoms with E-state index in [1.165, 1.54) is 23.1 Å². The highest BCUT2D eigenvalue weighted by Crippen LogP contribution is 2.27. The van der Waals surface area contributed by atoms with Crippen LogP contribution < -0.4 is 10.1 Å². The highest BCUT2D eigenvalue weighted by molar-refractivity contribution is 8.01. The molecule has 0 saturated heterocycles. The van der Waals surface area contributed by atoms with E-state index in [0.29, 0.717) is 10.9 Å². The van der Waals surface area contributed by atoms with E-state index in [0.717, 1.165) is 15.8 Å². The Morgan fingerprint density at radius 2 is 2.17 bits per heavy atom. The number of nitrogens with one attached hydrogen (secondary N) is 1. The van der Waals surface area contributed by atoms with Crippen molar-refractivity contribution in [3.8, 4) is 11.8 Å². The Kier molecular flexibility index (Phi) is 4.39. The van der Waals surface area contributed by atoms with E-state index in [2.05, 4.69) is 21.6 Å². The van der Waals surface area contributed by atoms with Crippen molar-refractivity contribution in [1.82, 2.24) is 10.2 Å². The Balaban J connectivity index is 2.00. The first-order valence-electron chi connectivity index (χ1n) is 5.06. The van der Waals surface area contributed by atoms with Crippen molar-refractivity contribution in [3.05, 3.63) is 24.3 Å². The summed E-state index contributed by atoms with van der Waals surface area (Å²) in [7, 11) is 1.63. The topological polar surface area (TPSA) is 70.8 Å². The Labute approximate surface area is 113 Å².